The summed E-state index contributed by atoms with van der Waals surface area (Å²) in [5.74, 6) is -1.63. The Labute approximate surface area is 180 Å². The summed E-state index contributed by atoms with van der Waals surface area (Å²) in [5, 5.41) is -0.598. The summed E-state index contributed by atoms with van der Waals surface area (Å²) in [5.41, 5.74) is -1.40. The van der Waals surface area contributed by atoms with Crippen molar-refractivity contribution in [2.75, 3.05) is 0 Å². The molecule has 2 saturated heterocycles. The van der Waals surface area contributed by atoms with Crippen molar-refractivity contribution >= 4 is 29.6 Å². The second-order valence-electron chi connectivity index (χ2n) is 9.08. The number of nitrogens with zero attached hydrogens (tertiary/aromatic N) is 2. The van der Waals surface area contributed by atoms with Crippen molar-refractivity contribution in [2.45, 2.75) is 74.9 Å². The quantitative estimate of drug-likeness (QED) is 0.406. The summed E-state index contributed by atoms with van der Waals surface area (Å²) in [7, 11) is 0. The van der Waals surface area contributed by atoms with Crippen molar-refractivity contribution in [2.24, 2.45) is 0 Å². The Morgan fingerprint density at radius 1 is 1.23 bits per heavy atom. The van der Waals surface area contributed by atoms with E-state index in [0.717, 1.165) is 5.56 Å². The summed E-state index contributed by atoms with van der Waals surface area (Å²) >= 11 is 1.35. The number of fused-ring (bicyclic) bond motifs is 1. The summed E-state index contributed by atoms with van der Waals surface area (Å²) in [4.78, 5) is 43.3. The number of amides is 1. The SMILES string of the molecule is [C-]#[N+][C@]1(CC(=O)OC(C)(C)C)C(=O)N2[C@@H](C(=O)OCc3ccccc3)C(C)(C)S[C@@H]21. The number of esters is 2. The molecule has 7 nitrogen and oxygen atoms in total. The standard InChI is InChI=1S/C22H26N2O5S/c1-20(2,3)29-15(25)12-22(23-6)18(27)24-16(21(4,5)30-19(22)24)17(26)28-13-14-10-8-7-9-11-14/h7-11,16,19H,12-13H2,1-5H3/t16-,19+,22+/m0/s1. The van der Waals surface area contributed by atoms with Gasteiger partial charge in [-0.1, -0.05) is 30.3 Å². The Kier molecular flexibility index (Phi) is 5.63. The molecule has 0 saturated carbocycles. The van der Waals surface area contributed by atoms with Gasteiger partial charge in [-0.25, -0.2) is 11.4 Å². The summed E-state index contributed by atoms with van der Waals surface area (Å²) < 4.78 is 10.2. The Morgan fingerprint density at radius 2 is 1.87 bits per heavy atom. The van der Waals surface area contributed by atoms with Crippen LogP contribution in [0.5, 0.6) is 0 Å². The molecule has 0 aliphatic carbocycles. The molecule has 2 aliphatic heterocycles. The fraction of sp³-hybridized carbons (Fsp3) is 0.545. The van der Waals surface area contributed by atoms with Gasteiger partial charge in [-0.05, 0) is 40.2 Å². The first kappa shape index (κ1) is 22.2. The van der Waals surface area contributed by atoms with Crippen LogP contribution in [0.15, 0.2) is 30.3 Å². The zero-order valence-corrected chi connectivity index (χ0v) is 18.6. The number of hydrogen-bond donors (Lipinski definition) is 0. The molecule has 0 bridgehead atoms. The lowest BCUT2D eigenvalue weighted by Gasteiger charge is -2.44. The molecule has 160 valence electrons. The Bertz CT molecular complexity index is 902. The minimum atomic E-state index is -1.54. The van der Waals surface area contributed by atoms with Crippen LogP contribution in [-0.4, -0.2) is 50.0 Å². The summed E-state index contributed by atoms with van der Waals surface area (Å²) in [6, 6.07) is 8.47. The topological polar surface area (TPSA) is 77.3 Å². The van der Waals surface area contributed by atoms with Gasteiger partial charge in [0.25, 0.3) is 0 Å². The molecule has 0 radical (unpaired) electrons. The Balaban J connectivity index is 1.76. The highest BCUT2D eigenvalue weighted by molar-refractivity contribution is 8.01. The second kappa shape index (κ2) is 7.62. The summed E-state index contributed by atoms with van der Waals surface area (Å²) in [6.45, 7) is 16.6. The zero-order valence-electron chi connectivity index (χ0n) is 17.8. The number of rotatable bonds is 5. The number of β-lactam (4-membered cyclic amide) rings is 1. The first-order valence-corrected chi connectivity index (χ1v) is 10.6. The first-order valence-electron chi connectivity index (χ1n) is 9.73. The lowest BCUT2D eigenvalue weighted by molar-refractivity contribution is -0.171. The third kappa shape index (κ3) is 3.91. The lowest BCUT2D eigenvalue weighted by Crippen LogP contribution is -2.72. The van der Waals surface area contributed by atoms with E-state index in [1.165, 1.54) is 16.7 Å². The fourth-order valence-corrected chi connectivity index (χ4v) is 5.48. The van der Waals surface area contributed by atoms with Gasteiger partial charge in [0.05, 0.1) is 0 Å². The van der Waals surface area contributed by atoms with Gasteiger partial charge < -0.3 is 9.47 Å². The molecule has 0 unspecified atom stereocenters. The number of thioether (sulfide) groups is 1. The van der Waals surface area contributed by atoms with Gasteiger partial charge in [0.2, 0.25) is 0 Å². The van der Waals surface area contributed by atoms with Crippen LogP contribution in [0, 0.1) is 6.57 Å². The predicted octanol–water partition coefficient (Wildman–Crippen LogP) is 3.18. The number of hydrogen-bond acceptors (Lipinski definition) is 6. The van der Waals surface area contributed by atoms with Gasteiger partial charge >= 0.3 is 23.4 Å². The molecule has 1 aromatic rings. The molecule has 1 amide bonds. The van der Waals surface area contributed by atoms with E-state index < -0.39 is 45.1 Å². The maximum absolute atomic E-state index is 13.1. The van der Waals surface area contributed by atoms with Gasteiger partial charge in [0.1, 0.15) is 24.7 Å². The molecule has 8 heteroatoms. The first-order chi connectivity index (χ1) is 13.9. The van der Waals surface area contributed by atoms with E-state index in [2.05, 4.69) is 4.85 Å². The van der Waals surface area contributed by atoms with Crippen molar-refractivity contribution in [3.8, 4) is 0 Å². The van der Waals surface area contributed by atoms with Gasteiger partial charge in [0.15, 0.2) is 5.37 Å². The molecule has 2 aliphatic rings. The molecule has 0 spiro atoms. The molecule has 1 aromatic carbocycles. The molecular formula is C22H26N2O5S. The largest absolute Gasteiger partial charge is 0.460 e. The van der Waals surface area contributed by atoms with E-state index in [4.69, 9.17) is 16.0 Å². The minimum Gasteiger partial charge on any atom is -0.460 e. The van der Waals surface area contributed by atoms with Crippen molar-refractivity contribution in [1.29, 1.82) is 0 Å². The average Bonchev–Trinajstić information content (AvgIpc) is 2.92. The monoisotopic (exact) mass is 430 g/mol. The van der Waals surface area contributed by atoms with E-state index >= 15 is 0 Å². The summed E-state index contributed by atoms with van der Waals surface area (Å²) in [6.07, 6.45) is -0.331. The highest BCUT2D eigenvalue weighted by Crippen LogP contribution is 2.57. The smallest absolute Gasteiger partial charge is 0.348 e. The van der Waals surface area contributed by atoms with Gasteiger partial charge in [-0.15, -0.1) is 11.8 Å². The Hall–Kier alpha value is -2.53. The Morgan fingerprint density at radius 3 is 2.43 bits per heavy atom. The average molecular weight is 431 g/mol. The van der Waals surface area contributed by atoms with Gasteiger partial charge in [-0.3, -0.25) is 19.3 Å². The maximum atomic E-state index is 13.1. The molecule has 2 fully saturated rings. The molecule has 3 atom stereocenters. The third-order valence-corrected chi connectivity index (χ3v) is 6.77. The van der Waals surface area contributed by atoms with Crippen LogP contribution in [0.4, 0.5) is 0 Å². The van der Waals surface area contributed by atoms with Crippen LogP contribution in [0.1, 0.15) is 46.6 Å². The normalized spacial score (nSPS) is 26.9. The van der Waals surface area contributed by atoms with E-state index in [1.54, 1.807) is 20.8 Å². The van der Waals surface area contributed by atoms with Crippen molar-refractivity contribution in [3.63, 3.8) is 0 Å². The van der Waals surface area contributed by atoms with Crippen LogP contribution in [0.25, 0.3) is 4.85 Å². The highest BCUT2D eigenvalue weighted by Gasteiger charge is 2.77. The van der Waals surface area contributed by atoms with E-state index in [-0.39, 0.29) is 13.0 Å². The third-order valence-electron chi connectivity index (χ3n) is 5.10. The molecule has 3 rings (SSSR count). The number of carbonyl (C=O) groups is 3. The van der Waals surface area contributed by atoms with Crippen LogP contribution < -0.4 is 0 Å². The minimum absolute atomic E-state index is 0.107. The van der Waals surface area contributed by atoms with Crippen molar-refractivity contribution in [3.05, 3.63) is 47.3 Å². The second-order valence-corrected chi connectivity index (χ2v) is 10.8. The van der Waals surface area contributed by atoms with Gasteiger partial charge in [0, 0.05) is 4.75 Å². The zero-order chi connectivity index (χ0) is 22.3. The molecule has 30 heavy (non-hydrogen) atoms. The van der Waals surface area contributed by atoms with Crippen LogP contribution in [-0.2, 0) is 30.5 Å². The van der Waals surface area contributed by atoms with Crippen LogP contribution >= 0.6 is 11.8 Å². The molecule has 0 aromatic heterocycles. The number of benzene rings is 1. The van der Waals surface area contributed by atoms with Crippen molar-refractivity contribution in [1.82, 2.24) is 4.90 Å². The van der Waals surface area contributed by atoms with E-state index in [0.29, 0.717) is 0 Å². The molecule has 2 heterocycles. The van der Waals surface area contributed by atoms with Crippen LogP contribution in [0.3, 0.4) is 0 Å². The fourth-order valence-electron chi connectivity index (χ4n) is 3.80. The van der Waals surface area contributed by atoms with Crippen molar-refractivity contribution < 1.29 is 23.9 Å². The lowest BCUT2D eigenvalue weighted by atomic mass is 9.82. The molecule has 0 N–H and O–H groups in total. The van der Waals surface area contributed by atoms with Crippen LogP contribution in [0.2, 0.25) is 0 Å². The maximum Gasteiger partial charge on any atom is 0.348 e. The van der Waals surface area contributed by atoms with Gasteiger partial charge in [-0.2, -0.15) is 0 Å². The number of carbonyl (C=O) groups excluding carboxylic acids is 3. The highest BCUT2D eigenvalue weighted by atomic mass is 32.2. The molecular weight excluding hydrogens is 404 g/mol. The predicted molar refractivity (Wildman–Crippen MR) is 112 cm³/mol. The van der Waals surface area contributed by atoms with E-state index in [1.807, 2.05) is 44.2 Å². The number of ether oxygens (including phenoxy) is 2. The van der Waals surface area contributed by atoms with E-state index in [9.17, 15) is 14.4 Å².